The molecule has 1 aliphatic rings. The second kappa shape index (κ2) is 4.29. The summed E-state index contributed by atoms with van der Waals surface area (Å²) in [7, 11) is 0. The Balaban J connectivity index is 2.73. The van der Waals surface area contributed by atoms with Crippen LogP contribution in [0.25, 0.3) is 0 Å². The van der Waals surface area contributed by atoms with Crippen LogP contribution in [0.3, 0.4) is 0 Å². The highest BCUT2D eigenvalue weighted by Gasteiger charge is 2.34. The standard InChI is InChI=1S/C9H14N2O4/c1-5(8(10)13)11-4-6(9(14)15)2-3-7(11)12/h5-6H,2-4H2,1H3,(H2,10,13)(H,14,15). The fourth-order valence-electron chi connectivity index (χ4n) is 1.60. The van der Waals surface area contributed by atoms with Crippen LogP contribution in [0.2, 0.25) is 0 Å². The number of piperidine rings is 1. The van der Waals surface area contributed by atoms with Crippen molar-refractivity contribution in [2.45, 2.75) is 25.8 Å². The van der Waals surface area contributed by atoms with Crippen LogP contribution in [0.15, 0.2) is 0 Å². The molecule has 2 atom stereocenters. The Labute approximate surface area is 87.0 Å². The Bertz CT molecular complexity index is 302. The van der Waals surface area contributed by atoms with Gasteiger partial charge < -0.3 is 15.7 Å². The molecule has 15 heavy (non-hydrogen) atoms. The maximum Gasteiger partial charge on any atom is 0.308 e. The van der Waals surface area contributed by atoms with Gasteiger partial charge in [-0.15, -0.1) is 0 Å². The molecule has 1 rings (SSSR count). The molecule has 0 aromatic carbocycles. The Morgan fingerprint density at radius 1 is 1.60 bits per heavy atom. The second-order valence-electron chi connectivity index (χ2n) is 3.70. The molecular weight excluding hydrogens is 200 g/mol. The summed E-state index contributed by atoms with van der Waals surface area (Å²) in [5, 5.41) is 8.81. The van der Waals surface area contributed by atoms with Gasteiger partial charge in [-0.1, -0.05) is 0 Å². The number of carboxylic acids is 1. The molecule has 1 saturated heterocycles. The summed E-state index contributed by atoms with van der Waals surface area (Å²) in [4.78, 5) is 34.3. The van der Waals surface area contributed by atoms with Crippen LogP contribution in [0.4, 0.5) is 0 Å². The maximum atomic E-state index is 11.4. The fourth-order valence-corrected chi connectivity index (χ4v) is 1.60. The lowest BCUT2D eigenvalue weighted by molar-refractivity contribution is -0.150. The van der Waals surface area contributed by atoms with E-state index in [9.17, 15) is 14.4 Å². The largest absolute Gasteiger partial charge is 0.481 e. The molecule has 0 radical (unpaired) electrons. The topological polar surface area (TPSA) is 101 Å². The number of carbonyl (C=O) groups is 3. The summed E-state index contributed by atoms with van der Waals surface area (Å²) in [6.45, 7) is 1.57. The third-order valence-electron chi connectivity index (χ3n) is 2.67. The molecule has 3 N–H and O–H groups in total. The maximum absolute atomic E-state index is 11.4. The highest BCUT2D eigenvalue weighted by Crippen LogP contribution is 2.19. The first-order valence-electron chi connectivity index (χ1n) is 4.75. The molecule has 0 aliphatic carbocycles. The van der Waals surface area contributed by atoms with Crippen molar-refractivity contribution >= 4 is 17.8 Å². The van der Waals surface area contributed by atoms with Crippen molar-refractivity contribution in [3.63, 3.8) is 0 Å². The third-order valence-corrected chi connectivity index (χ3v) is 2.67. The first-order chi connectivity index (χ1) is 6.93. The van der Waals surface area contributed by atoms with Crippen molar-refractivity contribution in [2.75, 3.05) is 6.54 Å². The zero-order chi connectivity index (χ0) is 11.6. The third kappa shape index (κ3) is 2.45. The summed E-state index contributed by atoms with van der Waals surface area (Å²) >= 11 is 0. The van der Waals surface area contributed by atoms with E-state index in [0.29, 0.717) is 6.42 Å². The minimum atomic E-state index is -0.941. The number of carbonyl (C=O) groups excluding carboxylic acids is 2. The Kier molecular flexibility index (Phi) is 3.28. The number of hydrogen-bond acceptors (Lipinski definition) is 3. The SMILES string of the molecule is CC(C(N)=O)N1CC(C(=O)O)CCC1=O. The van der Waals surface area contributed by atoms with E-state index in [4.69, 9.17) is 10.8 Å². The minimum absolute atomic E-state index is 0.0677. The molecular formula is C9H14N2O4. The molecule has 84 valence electrons. The molecule has 0 aromatic heterocycles. The minimum Gasteiger partial charge on any atom is -0.481 e. The predicted octanol–water partition coefficient (Wildman–Crippen LogP) is -0.817. The number of nitrogens with zero attached hydrogens (tertiary/aromatic N) is 1. The van der Waals surface area contributed by atoms with Crippen LogP contribution in [-0.4, -0.2) is 40.4 Å². The average Bonchev–Trinajstić information content (AvgIpc) is 2.16. The van der Waals surface area contributed by atoms with E-state index in [-0.39, 0.29) is 18.9 Å². The molecule has 0 aromatic rings. The van der Waals surface area contributed by atoms with Gasteiger partial charge in [-0.3, -0.25) is 14.4 Å². The summed E-state index contributed by atoms with van der Waals surface area (Å²) in [6.07, 6.45) is 0.491. The molecule has 1 heterocycles. The van der Waals surface area contributed by atoms with Gasteiger partial charge in [0.05, 0.1) is 5.92 Å². The van der Waals surface area contributed by atoms with Crippen molar-refractivity contribution in [3.05, 3.63) is 0 Å². The van der Waals surface area contributed by atoms with Crippen molar-refractivity contribution in [2.24, 2.45) is 11.7 Å². The van der Waals surface area contributed by atoms with Gasteiger partial charge in [0.15, 0.2) is 0 Å². The molecule has 0 bridgehead atoms. The molecule has 0 spiro atoms. The normalized spacial score (nSPS) is 23.7. The van der Waals surface area contributed by atoms with E-state index >= 15 is 0 Å². The van der Waals surface area contributed by atoms with Crippen molar-refractivity contribution in [3.8, 4) is 0 Å². The van der Waals surface area contributed by atoms with Crippen LogP contribution in [0.5, 0.6) is 0 Å². The number of rotatable bonds is 3. The Hall–Kier alpha value is -1.59. The predicted molar refractivity (Wildman–Crippen MR) is 50.7 cm³/mol. The summed E-state index contributed by atoms with van der Waals surface area (Å²) in [5.41, 5.74) is 5.07. The Morgan fingerprint density at radius 3 is 2.67 bits per heavy atom. The van der Waals surface area contributed by atoms with Crippen LogP contribution in [0, 0.1) is 5.92 Å². The number of carboxylic acid groups (broad SMARTS) is 1. The molecule has 2 amide bonds. The van der Waals surface area contributed by atoms with E-state index in [1.165, 1.54) is 11.8 Å². The number of hydrogen-bond donors (Lipinski definition) is 2. The first-order valence-corrected chi connectivity index (χ1v) is 4.75. The van der Waals surface area contributed by atoms with Crippen LogP contribution < -0.4 is 5.73 Å². The molecule has 2 unspecified atom stereocenters. The van der Waals surface area contributed by atoms with Gasteiger partial charge in [0.2, 0.25) is 11.8 Å². The van der Waals surface area contributed by atoms with E-state index in [0.717, 1.165) is 0 Å². The zero-order valence-electron chi connectivity index (χ0n) is 8.47. The highest BCUT2D eigenvalue weighted by molar-refractivity contribution is 5.87. The quantitative estimate of drug-likeness (QED) is 0.641. The molecule has 6 heteroatoms. The van der Waals surface area contributed by atoms with Gasteiger partial charge in [-0.2, -0.15) is 0 Å². The lowest BCUT2D eigenvalue weighted by atomic mass is 9.96. The number of likely N-dealkylation sites (tertiary alicyclic amines) is 1. The van der Waals surface area contributed by atoms with Crippen molar-refractivity contribution in [1.29, 1.82) is 0 Å². The monoisotopic (exact) mass is 214 g/mol. The number of aliphatic carboxylic acids is 1. The van der Waals surface area contributed by atoms with E-state index in [2.05, 4.69) is 0 Å². The van der Waals surface area contributed by atoms with Crippen LogP contribution in [0.1, 0.15) is 19.8 Å². The van der Waals surface area contributed by atoms with Crippen LogP contribution >= 0.6 is 0 Å². The lowest BCUT2D eigenvalue weighted by Gasteiger charge is -2.33. The fraction of sp³-hybridized carbons (Fsp3) is 0.667. The number of nitrogens with two attached hydrogens (primary N) is 1. The van der Waals surface area contributed by atoms with E-state index in [1.54, 1.807) is 0 Å². The molecule has 6 nitrogen and oxygen atoms in total. The molecule has 1 fully saturated rings. The zero-order valence-corrected chi connectivity index (χ0v) is 8.47. The van der Waals surface area contributed by atoms with Crippen molar-refractivity contribution in [1.82, 2.24) is 4.90 Å². The van der Waals surface area contributed by atoms with Gasteiger partial charge >= 0.3 is 5.97 Å². The molecule has 0 saturated carbocycles. The summed E-state index contributed by atoms with van der Waals surface area (Å²) in [6, 6.07) is -0.736. The van der Waals surface area contributed by atoms with E-state index in [1.807, 2.05) is 0 Å². The Morgan fingerprint density at radius 2 is 2.20 bits per heavy atom. The lowest BCUT2D eigenvalue weighted by Crippen LogP contribution is -2.51. The highest BCUT2D eigenvalue weighted by atomic mass is 16.4. The van der Waals surface area contributed by atoms with E-state index < -0.39 is 23.8 Å². The van der Waals surface area contributed by atoms with Gasteiger partial charge in [0, 0.05) is 13.0 Å². The van der Waals surface area contributed by atoms with Crippen LogP contribution in [-0.2, 0) is 14.4 Å². The van der Waals surface area contributed by atoms with Crippen molar-refractivity contribution < 1.29 is 19.5 Å². The van der Waals surface area contributed by atoms with Gasteiger partial charge in [0.25, 0.3) is 0 Å². The number of primary amides is 1. The summed E-state index contributed by atoms with van der Waals surface area (Å²) in [5.74, 6) is -2.36. The van der Waals surface area contributed by atoms with Gasteiger partial charge in [0.1, 0.15) is 6.04 Å². The average molecular weight is 214 g/mol. The number of amides is 2. The van der Waals surface area contributed by atoms with Gasteiger partial charge in [-0.25, -0.2) is 0 Å². The second-order valence-corrected chi connectivity index (χ2v) is 3.70. The smallest absolute Gasteiger partial charge is 0.308 e. The summed E-state index contributed by atoms with van der Waals surface area (Å²) < 4.78 is 0. The first kappa shape index (κ1) is 11.5. The van der Waals surface area contributed by atoms with Gasteiger partial charge in [-0.05, 0) is 13.3 Å². The molecule has 1 aliphatic heterocycles.